The van der Waals surface area contributed by atoms with Crippen LogP contribution < -0.4 is 0 Å². The van der Waals surface area contributed by atoms with Gasteiger partial charge < -0.3 is 34.3 Å². The van der Waals surface area contributed by atoms with E-state index in [0.29, 0.717) is 13.0 Å². The number of rotatable bonds is 48. The molecule has 0 amide bonds. The van der Waals surface area contributed by atoms with Gasteiger partial charge in [-0.3, -0.25) is 9.35 Å². The van der Waals surface area contributed by atoms with Gasteiger partial charge in [-0.2, -0.15) is 8.42 Å². The van der Waals surface area contributed by atoms with Crippen LogP contribution in [0.2, 0.25) is 0 Å². The first kappa shape index (κ1) is 67.0. The Balaban J connectivity index is 2.35. The number of unbranched alkanes of at least 4 members (excludes halogenated alkanes) is 19. The molecule has 1 aliphatic rings. The number of aliphatic hydroxyl groups excluding tert-OH is 3. The zero-order valence-electron chi connectivity index (χ0n) is 44.7. The molecule has 0 radical (unpaired) electrons. The molecule has 6 atom stereocenters. The number of ether oxygens (including phenoxy) is 4. The topological polar surface area (TPSA) is 178 Å². The van der Waals surface area contributed by atoms with E-state index in [1.807, 2.05) is 12.2 Å². The summed E-state index contributed by atoms with van der Waals surface area (Å²) in [4.78, 5) is 12.9. The molecule has 1 fully saturated rings. The van der Waals surface area contributed by atoms with Crippen LogP contribution >= 0.6 is 0 Å². The number of hydrogen-bond acceptors (Lipinski definition) is 11. The van der Waals surface area contributed by atoms with Crippen molar-refractivity contribution in [3.8, 4) is 0 Å². The molecule has 414 valence electrons. The van der Waals surface area contributed by atoms with Gasteiger partial charge in [0.05, 0.1) is 19.8 Å². The molecule has 12 nitrogen and oxygen atoms in total. The zero-order valence-corrected chi connectivity index (χ0v) is 45.5. The van der Waals surface area contributed by atoms with E-state index in [2.05, 4.69) is 103 Å². The molecule has 0 spiro atoms. The van der Waals surface area contributed by atoms with Crippen molar-refractivity contribution in [2.75, 3.05) is 26.4 Å². The SMILES string of the molecule is CC/C=C\C/C=C\C/C=C\C/C=C\C/C=C\C/C=C\CCC(=O)OC(COCCCCCCCCCCCCCCCC/C=C\C/C=C\CCCCCCC)COC1OC(CO)C(O)C(OS(=O)(=O)O)C1O. The van der Waals surface area contributed by atoms with Crippen LogP contribution in [-0.4, -0.2) is 97.5 Å². The third-order valence-corrected chi connectivity index (χ3v) is 12.7. The number of carbonyl (C=O) groups is 1. The minimum Gasteiger partial charge on any atom is -0.457 e. The highest BCUT2D eigenvalue weighted by molar-refractivity contribution is 7.80. The highest BCUT2D eigenvalue weighted by Gasteiger charge is 2.48. The van der Waals surface area contributed by atoms with Gasteiger partial charge in [-0.1, -0.05) is 214 Å². The van der Waals surface area contributed by atoms with Crippen LogP contribution in [0, 0.1) is 0 Å². The summed E-state index contributed by atoms with van der Waals surface area (Å²) in [6, 6.07) is 0. The number of aliphatic hydroxyl groups is 3. The minimum absolute atomic E-state index is 0.000255. The lowest BCUT2D eigenvalue weighted by molar-refractivity contribution is -0.301. The standard InChI is InChI=1S/C59H100O12S/c1-3-5-7-9-11-13-15-17-19-21-23-24-25-26-27-28-29-31-33-35-37-39-41-43-45-47-49-67-51-53(52-68-59-57(63)58(71-72(64,65)66)56(62)54(50-60)70-59)69-55(61)48-46-44-42-40-38-36-34-32-30-22-20-18-16-14-12-10-8-6-4-2/h6,8,12,14-15,17-18,20-21,23,30,32,36,38,42,44,53-54,56-60,62-63H,3-5,7,9-11,13,16,19,22,24-29,31,33-35,37,39-41,43,45-52H2,1-2H3,(H,64,65,66)/b8-6-,14-12-,17-15-,20-18-,23-21-,32-30-,38-36-,44-42-. The summed E-state index contributed by atoms with van der Waals surface area (Å²) >= 11 is 0. The van der Waals surface area contributed by atoms with Gasteiger partial charge in [-0.15, -0.1) is 0 Å². The number of allylic oxidation sites excluding steroid dienone is 16. The molecule has 1 saturated heterocycles. The summed E-state index contributed by atoms with van der Waals surface area (Å²) in [7, 11) is -5.08. The van der Waals surface area contributed by atoms with Crippen LogP contribution in [0.4, 0.5) is 0 Å². The van der Waals surface area contributed by atoms with Gasteiger partial charge in [-0.05, 0) is 83.5 Å². The molecule has 0 bridgehead atoms. The van der Waals surface area contributed by atoms with Crippen molar-refractivity contribution < 1.29 is 56.2 Å². The van der Waals surface area contributed by atoms with Crippen molar-refractivity contribution >= 4 is 16.4 Å². The Bertz CT molecular complexity index is 1620. The van der Waals surface area contributed by atoms with E-state index in [4.69, 9.17) is 18.9 Å². The van der Waals surface area contributed by atoms with Crippen LogP contribution in [0.3, 0.4) is 0 Å². The maximum absolute atomic E-state index is 12.9. The molecule has 6 unspecified atom stereocenters. The average Bonchev–Trinajstić information content (AvgIpc) is 3.36. The minimum atomic E-state index is -5.08. The van der Waals surface area contributed by atoms with Crippen LogP contribution in [0.5, 0.6) is 0 Å². The average molecular weight is 1030 g/mol. The molecule has 72 heavy (non-hydrogen) atoms. The number of carbonyl (C=O) groups excluding carboxylic acids is 1. The lowest BCUT2D eigenvalue weighted by Gasteiger charge is -2.41. The van der Waals surface area contributed by atoms with E-state index in [9.17, 15) is 33.1 Å². The lowest BCUT2D eigenvalue weighted by Crippen LogP contribution is -2.60. The highest BCUT2D eigenvalue weighted by Crippen LogP contribution is 2.26. The third kappa shape index (κ3) is 41.4. The monoisotopic (exact) mass is 1030 g/mol. The fraction of sp³-hybridized carbons (Fsp3) is 0.712. The summed E-state index contributed by atoms with van der Waals surface area (Å²) < 4.78 is 59.3. The van der Waals surface area contributed by atoms with Crippen LogP contribution in [0.25, 0.3) is 0 Å². The van der Waals surface area contributed by atoms with Crippen molar-refractivity contribution in [2.45, 2.75) is 243 Å². The van der Waals surface area contributed by atoms with Crippen molar-refractivity contribution in [3.63, 3.8) is 0 Å². The molecule has 13 heteroatoms. The second-order valence-electron chi connectivity index (χ2n) is 18.8. The van der Waals surface area contributed by atoms with E-state index < -0.39 is 59.8 Å². The smallest absolute Gasteiger partial charge is 0.397 e. The van der Waals surface area contributed by atoms with Gasteiger partial charge in [0.1, 0.15) is 30.5 Å². The maximum atomic E-state index is 12.9. The second kappa shape index (κ2) is 48.9. The third-order valence-electron chi connectivity index (χ3n) is 12.2. The van der Waals surface area contributed by atoms with Crippen LogP contribution in [0.15, 0.2) is 97.2 Å². The Morgan fingerprint density at radius 1 is 0.542 bits per heavy atom. The van der Waals surface area contributed by atoms with E-state index >= 15 is 0 Å². The van der Waals surface area contributed by atoms with Gasteiger partial charge in [0.25, 0.3) is 0 Å². The lowest BCUT2D eigenvalue weighted by atomic mass is 9.99. The zero-order chi connectivity index (χ0) is 52.4. The Hall–Kier alpha value is -2.98. The molecule has 0 saturated carbocycles. The molecule has 1 rings (SSSR count). The maximum Gasteiger partial charge on any atom is 0.397 e. The molecule has 0 aromatic carbocycles. The second-order valence-corrected chi connectivity index (χ2v) is 19.8. The number of hydrogen-bond donors (Lipinski definition) is 4. The molecule has 1 heterocycles. The molecule has 0 aromatic heterocycles. The van der Waals surface area contributed by atoms with Gasteiger partial charge in [0, 0.05) is 13.0 Å². The Labute approximate surface area is 437 Å². The summed E-state index contributed by atoms with van der Waals surface area (Å²) in [6.07, 6.45) is 58.9. The van der Waals surface area contributed by atoms with Gasteiger partial charge in [-0.25, -0.2) is 4.18 Å². The predicted octanol–water partition coefficient (Wildman–Crippen LogP) is 13.8. The van der Waals surface area contributed by atoms with E-state index in [0.717, 1.165) is 64.2 Å². The van der Waals surface area contributed by atoms with Crippen LogP contribution in [-0.2, 0) is 38.3 Å². The van der Waals surface area contributed by atoms with Crippen molar-refractivity contribution in [1.29, 1.82) is 0 Å². The summed E-state index contributed by atoms with van der Waals surface area (Å²) in [5.41, 5.74) is 0. The Morgan fingerprint density at radius 3 is 1.40 bits per heavy atom. The summed E-state index contributed by atoms with van der Waals surface area (Å²) in [5, 5.41) is 30.8. The summed E-state index contributed by atoms with van der Waals surface area (Å²) in [5.74, 6) is -0.482. The fourth-order valence-electron chi connectivity index (χ4n) is 8.02. The first-order valence-electron chi connectivity index (χ1n) is 28.0. The quantitative estimate of drug-likeness (QED) is 0.0196. The van der Waals surface area contributed by atoms with Gasteiger partial charge in [0.2, 0.25) is 0 Å². The van der Waals surface area contributed by atoms with Gasteiger partial charge >= 0.3 is 16.4 Å². The van der Waals surface area contributed by atoms with Crippen LogP contribution in [0.1, 0.15) is 206 Å². The molecule has 0 aromatic rings. The highest BCUT2D eigenvalue weighted by atomic mass is 32.3. The fourth-order valence-corrected chi connectivity index (χ4v) is 8.53. The number of esters is 1. The van der Waals surface area contributed by atoms with E-state index in [1.54, 1.807) is 0 Å². The van der Waals surface area contributed by atoms with E-state index in [1.165, 1.54) is 116 Å². The Morgan fingerprint density at radius 2 is 0.958 bits per heavy atom. The molecular weight excluding hydrogens is 933 g/mol. The largest absolute Gasteiger partial charge is 0.457 e. The molecule has 4 N–H and O–H groups in total. The molecule has 0 aliphatic carbocycles. The van der Waals surface area contributed by atoms with Crippen molar-refractivity contribution in [3.05, 3.63) is 97.2 Å². The van der Waals surface area contributed by atoms with E-state index in [-0.39, 0.29) is 19.6 Å². The van der Waals surface area contributed by atoms with Crippen molar-refractivity contribution in [1.82, 2.24) is 0 Å². The first-order chi connectivity index (χ1) is 35.1. The summed E-state index contributed by atoms with van der Waals surface area (Å²) in [6.45, 7) is 3.78. The van der Waals surface area contributed by atoms with Gasteiger partial charge in [0.15, 0.2) is 6.29 Å². The molecular formula is C59H100O12S. The Kier molecular flexibility index (Phi) is 45.6. The van der Waals surface area contributed by atoms with Crippen molar-refractivity contribution in [2.24, 2.45) is 0 Å². The first-order valence-corrected chi connectivity index (χ1v) is 29.4. The molecule has 1 aliphatic heterocycles. The normalized spacial score (nSPS) is 19.7. The predicted molar refractivity (Wildman–Crippen MR) is 294 cm³/mol.